The zero-order valence-electron chi connectivity index (χ0n) is 19.8. The van der Waals surface area contributed by atoms with Gasteiger partial charge in [0.05, 0.1) is 11.3 Å². The highest BCUT2D eigenvalue weighted by molar-refractivity contribution is 5.92. The van der Waals surface area contributed by atoms with E-state index in [4.69, 9.17) is 0 Å². The Morgan fingerprint density at radius 3 is 2.49 bits per heavy atom. The zero-order valence-corrected chi connectivity index (χ0v) is 19.8. The number of rotatable bonds is 5. The summed E-state index contributed by atoms with van der Waals surface area (Å²) in [6.45, 7) is 7.45. The molecule has 2 heterocycles. The van der Waals surface area contributed by atoms with Crippen LogP contribution >= 0.6 is 0 Å². The first-order chi connectivity index (χ1) is 16.5. The van der Waals surface area contributed by atoms with Crippen LogP contribution in [0.15, 0.2) is 59.4 Å². The van der Waals surface area contributed by atoms with Crippen molar-refractivity contribution < 1.29 is 18.0 Å². The van der Waals surface area contributed by atoms with E-state index in [-0.39, 0.29) is 17.9 Å². The van der Waals surface area contributed by atoms with Gasteiger partial charge < -0.3 is 5.32 Å². The van der Waals surface area contributed by atoms with Crippen LogP contribution in [0.25, 0.3) is 5.69 Å². The Morgan fingerprint density at radius 2 is 1.77 bits per heavy atom. The largest absolute Gasteiger partial charge is 0.416 e. The van der Waals surface area contributed by atoms with Crippen molar-refractivity contribution in [2.24, 2.45) is 0 Å². The van der Waals surface area contributed by atoms with E-state index < -0.39 is 28.6 Å². The number of aryl methyl sites for hydroxylation is 1. The van der Waals surface area contributed by atoms with Crippen LogP contribution in [0.1, 0.15) is 46.7 Å². The predicted octanol–water partition coefficient (Wildman–Crippen LogP) is 4.13. The molecule has 1 aliphatic heterocycles. The number of alkyl halides is 3. The highest BCUT2D eigenvalue weighted by Crippen LogP contribution is 2.30. The van der Waals surface area contributed by atoms with Crippen LogP contribution in [0.4, 0.5) is 13.2 Å². The fraction of sp³-hybridized carbons (Fsp3) is 0.346. The Hall–Kier alpha value is -3.46. The van der Waals surface area contributed by atoms with Crippen molar-refractivity contribution >= 4 is 5.91 Å². The molecule has 0 spiro atoms. The van der Waals surface area contributed by atoms with Crippen LogP contribution in [0.2, 0.25) is 0 Å². The molecule has 0 saturated heterocycles. The van der Waals surface area contributed by atoms with Gasteiger partial charge in [-0.2, -0.15) is 18.3 Å². The smallest absolute Gasteiger partial charge is 0.349 e. The number of hydrogen-bond acceptors (Lipinski definition) is 4. The summed E-state index contributed by atoms with van der Waals surface area (Å²) in [5.41, 5.74) is 0.807. The van der Waals surface area contributed by atoms with Gasteiger partial charge in [-0.05, 0) is 56.5 Å². The van der Waals surface area contributed by atoms with Gasteiger partial charge in [-0.25, -0.2) is 4.68 Å². The highest BCUT2D eigenvalue weighted by atomic mass is 19.4. The molecule has 0 bridgehead atoms. The first kappa shape index (κ1) is 24.7. The van der Waals surface area contributed by atoms with Crippen LogP contribution in [-0.4, -0.2) is 39.2 Å². The van der Waals surface area contributed by atoms with Crippen LogP contribution in [0.5, 0.6) is 0 Å². The van der Waals surface area contributed by atoms with Crippen molar-refractivity contribution in [1.82, 2.24) is 20.0 Å². The molecular weight excluding hydrogens is 457 g/mol. The Morgan fingerprint density at radius 1 is 1.06 bits per heavy atom. The van der Waals surface area contributed by atoms with Gasteiger partial charge in [0.15, 0.2) is 5.69 Å². The standard InChI is InChI=1S/C26H27F3N4O2/c1-17-13-22(34)23(31-33(17)21-10-6-9-20(14-21)26(27,28)29)24(35)30-16-25(2,3)32-12-11-18-7-4-5-8-19(18)15-32/h4-10,13-14H,11-12,15-16H2,1-3H3,(H,30,35). The molecule has 9 heteroatoms. The SMILES string of the molecule is Cc1cc(=O)c(C(=O)NCC(C)(C)N2CCc3ccccc3C2)nn1-c1cccc(C(F)(F)F)c1. The number of carbonyl (C=O) groups excluding carboxylic acids is 1. The third-order valence-corrected chi connectivity index (χ3v) is 6.41. The molecule has 1 N–H and O–H groups in total. The van der Waals surface area contributed by atoms with Crippen molar-refractivity contribution in [1.29, 1.82) is 0 Å². The number of benzene rings is 2. The number of amides is 1. The van der Waals surface area contributed by atoms with Crippen molar-refractivity contribution in [3.63, 3.8) is 0 Å². The number of hydrogen-bond donors (Lipinski definition) is 1. The monoisotopic (exact) mass is 484 g/mol. The van der Waals surface area contributed by atoms with Gasteiger partial charge in [-0.3, -0.25) is 14.5 Å². The third-order valence-electron chi connectivity index (χ3n) is 6.41. The number of nitrogens with zero attached hydrogens (tertiary/aromatic N) is 3. The molecule has 0 radical (unpaired) electrons. The summed E-state index contributed by atoms with van der Waals surface area (Å²) in [7, 11) is 0. The summed E-state index contributed by atoms with van der Waals surface area (Å²) >= 11 is 0. The molecule has 1 aliphatic rings. The van der Waals surface area contributed by atoms with Gasteiger partial charge in [-0.15, -0.1) is 0 Å². The average molecular weight is 485 g/mol. The number of halogens is 3. The minimum absolute atomic E-state index is 0.110. The van der Waals surface area contributed by atoms with Crippen LogP contribution in [0.3, 0.4) is 0 Å². The summed E-state index contributed by atoms with van der Waals surface area (Å²) in [5, 5.41) is 6.92. The average Bonchev–Trinajstić information content (AvgIpc) is 2.82. The summed E-state index contributed by atoms with van der Waals surface area (Å²) in [6, 6.07) is 14.1. The molecule has 2 aromatic carbocycles. The van der Waals surface area contributed by atoms with E-state index in [2.05, 4.69) is 27.4 Å². The lowest BCUT2D eigenvalue weighted by Gasteiger charge is -2.41. The van der Waals surface area contributed by atoms with Crippen molar-refractivity contribution in [2.75, 3.05) is 13.1 Å². The number of fused-ring (bicyclic) bond motifs is 1. The van der Waals surface area contributed by atoms with Gasteiger partial charge in [0.1, 0.15) is 0 Å². The fourth-order valence-electron chi connectivity index (χ4n) is 4.28. The maximum atomic E-state index is 13.2. The molecular formula is C26H27F3N4O2. The molecule has 0 aliphatic carbocycles. The molecule has 0 atom stereocenters. The lowest BCUT2D eigenvalue weighted by atomic mass is 9.94. The zero-order chi connectivity index (χ0) is 25.4. The Kier molecular flexibility index (Phi) is 6.55. The number of aromatic nitrogens is 2. The molecule has 0 unspecified atom stereocenters. The quantitative estimate of drug-likeness (QED) is 0.592. The summed E-state index contributed by atoms with van der Waals surface area (Å²) in [4.78, 5) is 27.7. The second-order valence-corrected chi connectivity index (χ2v) is 9.39. The minimum atomic E-state index is -4.52. The van der Waals surface area contributed by atoms with Gasteiger partial charge in [0.25, 0.3) is 5.91 Å². The lowest BCUT2D eigenvalue weighted by Crippen LogP contribution is -2.53. The van der Waals surface area contributed by atoms with E-state index >= 15 is 0 Å². The van der Waals surface area contributed by atoms with Gasteiger partial charge in [0, 0.05) is 36.9 Å². The maximum absolute atomic E-state index is 13.2. The van der Waals surface area contributed by atoms with E-state index in [9.17, 15) is 22.8 Å². The maximum Gasteiger partial charge on any atom is 0.416 e. The second-order valence-electron chi connectivity index (χ2n) is 9.39. The number of carbonyl (C=O) groups is 1. The molecule has 6 nitrogen and oxygen atoms in total. The third kappa shape index (κ3) is 5.30. The van der Waals surface area contributed by atoms with E-state index in [1.54, 1.807) is 6.92 Å². The van der Waals surface area contributed by atoms with E-state index in [0.29, 0.717) is 5.69 Å². The van der Waals surface area contributed by atoms with Crippen molar-refractivity contribution in [3.05, 3.63) is 92.9 Å². The van der Waals surface area contributed by atoms with E-state index in [1.165, 1.54) is 34.0 Å². The van der Waals surface area contributed by atoms with Gasteiger partial charge in [-0.1, -0.05) is 30.3 Å². The van der Waals surface area contributed by atoms with E-state index in [1.807, 2.05) is 26.0 Å². The summed E-state index contributed by atoms with van der Waals surface area (Å²) in [5.74, 6) is -0.666. The van der Waals surface area contributed by atoms with Crippen LogP contribution in [0, 0.1) is 6.92 Å². The highest BCUT2D eigenvalue weighted by Gasteiger charge is 2.32. The predicted molar refractivity (Wildman–Crippen MR) is 127 cm³/mol. The Bertz CT molecular complexity index is 1310. The fourth-order valence-corrected chi connectivity index (χ4v) is 4.28. The normalized spacial score (nSPS) is 14.5. The first-order valence-corrected chi connectivity index (χ1v) is 11.3. The van der Waals surface area contributed by atoms with E-state index in [0.717, 1.165) is 31.6 Å². The molecule has 4 rings (SSSR count). The Balaban J connectivity index is 1.53. The number of nitrogens with one attached hydrogen (secondary N) is 1. The Labute approximate surface area is 201 Å². The topological polar surface area (TPSA) is 67.2 Å². The van der Waals surface area contributed by atoms with Crippen molar-refractivity contribution in [3.8, 4) is 5.69 Å². The lowest BCUT2D eigenvalue weighted by molar-refractivity contribution is -0.137. The van der Waals surface area contributed by atoms with Gasteiger partial charge >= 0.3 is 6.18 Å². The van der Waals surface area contributed by atoms with Crippen LogP contribution in [-0.2, 0) is 19.1 Å². The molecule has 3 aromatic rings. The second kappa shape index (κ2) is 9.30. The molecule has 0 fully saturated rings. The van der Waals surface area contributed by atoms with Gasteiger partial charge in [0.2, 0.25) is 5.43 Å². The molecule has 1 amide bonds. The van der Waals surface area contributed by atoms with Crippen LogP contribution < -0.4 is 10.7 Å². The minimum Gasteiger partial charge on any atom is -0.349 e. The molecule has 184 valence electrons. The first-order valence-electron chi connectivity index (χ1n) is 11.3. The molecule has 35 heavy (non-hydrogen) atoms. The molecule has 0 saturated carbocycles. The summed E-state index contributed by atoms with van der Waals surface area (Å²) < 4.78 is 40.6. The summed E-state index contributed by atoms with van der Waals surface area (Å²) in [6.07, 6.45) is -3.61. The van der Waals surface area contributed by atoms with Crippen molar-refractivity contribution in [2.45, 2.75) is 45.5 Å². The molecule has 1 aromatic heterocycles.